The minimum absolute atomic E-state index is 0.296. The summed E-state index contributed by atoms with van der Waals surface area (Å²) >= 11 is 5.93. The number of hydrogen-bond donors (Lipinski definition) is 0. The van der Waals surface area contributed by atoms with E-state index in [1.807, 2.05) is 18.2 Å². The van der Waals surface area contributed by atoms with Crippen molar-refractivity contribution in [3.05, 3.63) is 58.1 Å². The van der Waals surface area contributed by atoms with Gasteiger partial charge in [-0.05, 0) is 22.8 Å². The van der Waals surface area contributed by atoms with Crippen LogP contribution in [-0.2, 0) is 6.42 Å². The van der Waals surface area contributed by atoms with E-state index in [1.165, 1.54) is 0 Å². The van der Waals surface area contributed by atoms with Gasteiger partial charge in [-0.15, -0.1) is 0 Å². The van der Waals surface area contributed by atoms with Crippen molar-refractivity contribution in [2.45, 2.75) is 6.42 Å². The Morgan fingerprint density at radius 1 is 1.12 bits per heavy atom. The quantitative estimate of drug-likeness (QED) is 0.514. The van der Waals surface area contributed by atoms with E-state index in [0.717, 1.165) is 17.2 Å². The molecular formula is C13H7ClF2. The van der Waals surface area contributed by atoms with Gasteiger partial charge >= 0.3 is 0 Å². The average Bonchev–Trinajstić information content (AvgIpc) is 2.66. The summed E-state index contributed by atoms with van der Waals surface area (Å²) < 4.78 is 27.0. The molecule has 3 heteroatoms. The van der Waals surface area contributed by atoms with Crippen LogP contribution in [0, 0.1) is 11.6 Å². The highest BCUT2D eigenvalue weighted by Crippen LogP contribution is 2.42. The topological polar surface area (TPSA) is 0 Å². The molecule has 0 radical (unpaired) electrons. The summed E-state index contributed by atoms with van der Waals surface area (Å²) in [6, 6.07) is 8.43. The van der Waals surface area contributed by atoms with E-state index in [2.05, 4.69) is 0 Å². The second kappa shape index (κ2) is 3.29. The van der Waals surface area contributed by atoms with Gasteiger partial charge in [0, 0.05) is 17.0 Å². The van der Waals surface area contributed by atoms with Crippen LogP contribution in [0.15, 0.2) is 30.3 Å². The van der Waals surface area contributed by atoms with E-state index in [9.17, 15) is 8.78 Å². The fraction of sp³-hybridized carbons (Fsp3) is 0.0769. The SMILES string of the molecule is Fc1cc(Cl)c2c(c1F)-c1ccccc1C2. The molecule has 0 heterocycles. The Hall–Kier alpha value is -1.41. The van der Waals surface area contributed by atoms with Crippen LogP contribution >= 0.6 is 11.6 Å². The molecule has 1 aliphatic carbocycles. The van der Waals surface area contributed by atoms with Crippen LogP contribution in [-0.4, -0.2) is 0 Å². The summed E-state index contributed by atoms with van der Waals surface area (Å²) in [6.07, 6.45) is 0.571. The first kappa shape index (κ1) is 9.79. The maximum Gasteiger partial charge on any atom is 0.167 e. The molecule has 0 bridgehead atoms. The molecule has 1 aliphatic rings. The molecule has 0 aliphatic heterocycles. The van der Waals surface area contributed by atoms with Gasteiger partial charge in [-0.25, -0.2) is 8.78 Å². The van der Waals surface area contributed by atoms with Crippen molar-refractivity contribution in [1.82, 2.24) is 0 Å². The summed E-state index contributed by atoms with van der Waals surface area (Å²) in [7, 11) is 0. The lowest BCUT2D eigenvalue weighted by Crippen LogP contribution is -1.92. The molecular weight excluding hydrogens is 230 g/mol. The maximum atomic E-state index is 13.7. The number of rotatable bonds is 0. The Morgan fingerprint density at radius 2 is 1.88 bits per heavy atom. The molecule has 3 rings (SSSR count). The van der Waals surface area contributed by atoms with Gasteiger partial charge in [-0.3, -0.25) is 0 Å². The molecule has 0 nitrogen and oxygen atoms in total. The molecule has 0 fully saturated rings. The van der Waals surface area contributed by atoms with Gasteiger partial charge in [0.25, 0.3) is 0 Å². The molecule has 0 N–H and O–H groups in total. The number of fused-ring (bicyclic) bond motifs is 3. The van der Waals surface area contributed by atoms with Gasteiger partial charge in [-0.1, -0.05) is 35.9 Å². The van der Waals surface area contributed by atoms with Gasteiger partial charge in [0.15, 0.2) is 11.6 Å². The zero-order valence-electron chi connectivity index (χ0n) is 8.23. The lowest BCUT2D eigenvalue weighted by molar-refractivity contribution is 0.511. The minimum Gasteiger partial charge on any atom is -0.204 e. The Balaban J connectivity index is 2.39. The highest BCUT2D eigenvalue weighted by Gasteiger charge is 2.26. The lowest BCUT2D eigenvalue weighted by atomic mass is 10.1. The highest BCUT2D eigenvalue weighted by atomic mass is 35.5. The van der Waals surface area contributed by atoms with Crippen molar-refractivity contribution < 1.29 is 8.78 Å². The van der Waals surface area contributed by atoms with Crippen molar-refractivity contribution in [3.63, 3.8) is 0 Å². The van der Waals surface area contributed by atoms with Crippen LogP contribution in [0.4, 0.5) is 8.78 Å². The van der Waals surface area contributed by atoms with E-state index in [1.54, 1.807) is 6.07 Å². The largest absolute Gasteiger partial charge is 0.204 e. The second-order valence-corrected chi connectivity index (χ2v) is 4.25. The summed E-state index contributed by atoms with van der Waals surface area (Å²) in [5.74, 6) is -1.69. The van der Waals surface area contributed by atoms with Crippen molar-refractivity contribution >= 4 is 11.6 Å². The molecule has 2 aromatic carbocycles. The first-order valence-corrected chi connectivity index (χ1v) is 5.31. The standard InChI is InChI=1S/C13H7ClF2/c14-10-6-11(15)13(16)12-8-4-2-1-3-7(8)5-9(10)12/h1-4,6H,5H2. The van der Waals surface area contributed by atoms with Gasteiger partial charge in [-0.2, -0.15) is 0 Å². The zero-order chi connectivity index (χ0) is 11.3. The lowest BCUT2D eigenvalue weighted by Gasteiger charge is -2.05. The van der Waals surface area contributed by atoms with Crippen LogP contribution in [0.25, 0.3) is 11.1 Å². The number of benzene rings is 2. The van der Waals surface area contributed by atoms with Crippen molar-refractivity contribution in [3.8, 4) is 11.1 Å². The minimum atomic E-state index is -0.888. The van der Waals surface area contributed by atoms with Crippen LogP contribution in [0.5, 0.6) is 0 Å². The highest BCUT2D eigenvalue weighted by molar-refractivity contribution is 6.32. The van der Waals surface area contributed by atoms with Gasteiger partial charge in [0.2, 0.25) is 0 Å². The molecule has 0 spiro atoms. The van der Waals surface area contributed by atoms with Gasteiger partial charge in [0.05, 0.1) is 0 Å². The van der Waals surface area contributed by atoms with E-state index in [4.69, 9.17) is 11.6 Å². The number of halogens is 3. The van der Waals surface area contributed by atoms with Crippen LogP contribution in [0.3, 0.4) is 0 Å². The van der Waals surface area contributed by atoms with Crippen LogP contribution in [0.1, 0.15) is 11.1 Å². The van der Waals surface area contributed by atoms with Crippen LogP contribution < -0.4 is 0 Å². The number of hydrogen-bond acceptors (Lipinski definition) is 0. The van der Waals surface area contributed by atoms with E-state index < -0.39 is 11.6 Å². The monoisotopic (exact) mass is 236 g/mol. The third kappa shape index (κ3) is 1.20. The smallest absolute Gasteiger partial charge is 0.167 e. The second-order valence-electron chi connectivity index (χ2n) is 3.84. The summed E-state index contributed by atoms with van der Waals surface area (Å²) in [4.78, 5) is 0. The Kier molecular flexibility index (Phi) is 2.01. The third-order valence-corrected chi connectivity index (χ3v) is 3.26. The maximum absolute atomic E-state index is 13.7. The molecule has 0 atom stereocenters. The van der Waals surface area contributed by atoms with Crippen molar-refractivity contribution in [2.75, 3.05) is 0 Å². The zero-order valence-corrected chi connectivity index (χ0v) is 8.98. The fourth-order valence-corrected chi connectivity index (χ4v) is 2.45. The van der Waals surface area contributed by atoms with E-state index >= 15 is 0 Å². The Bertz CT molecular complexity index is 591. The van der Waals surface area contributed by atoms with E-state index in [-0.39, 0.29) is 0 Å². The normalized spacial score (nSPS) is 12.4. The van der Waals surface area contributed by atoms with Gasteiger partial charge < -0.3 is 0 Å². The predicted octanol–water partition coefficient (Wildman–Crippen LogP) is 4.19. The summed E-state index contributed by atoms with van der Waals surface area (Å²) in [6.45, 7) is 0. The molecule has 0 aromatic heterocycles. The molecule has 0 amide bonds. The van der Waals surface area contributed by atoms with E-state index in [0.29, 0.717) is 22.6 Å². The Labute approximate surface area is 96.5 Å². The first-order chi connectivity index (χ1) is 7.68. The molecule has 16 heavy (non-hydrogen) atoms. The average molecular weight is 237 g/mol. The third-order valence-electron chi connectivity index (χ3n) is 2.93. The molecule has 0 unspecified atom stereocenters. The fourth-order valence-electron chi connectivity index (χ4n) is 2.20. The molecule has 80 valence electrons. The predicted molar refractivity (Wildman–Crippen MR) is 59.6 cm³/mol. The van der Waals surface area contributed by atoms with Gasteiger partial charge in [0.1, 0.15) is 0 Å². The van der Waals surface area contributed by atoms with Crippen LogP contribution in [0.2, 0.25) is 5.02 Å². The first-order valence-electron chi connectivity index (χ1n) is 4.93. The molecule has 0 saturated heterocycles. The summed E-state index contributed by atoms with van der Waals surface area (Å²) in [5, 5.41) is 0.296. The molecule has 2 aromatic rings. The summed E-state index contributed by atoms with van der Waals surface area (Å²) in [5.41, 5.74) is 2.74. The molecule has 0 saturated carbocycles. The Morgan fingerprint density at radius 3 is 2.69 bits per heavy atom. The van der Waals surface area contributed by atoms with Crippen molar-refractivity contribution in [1.29, 1.82) is 0 Å². The van der Waals surface area contributed by atoms with Crippen molar-refractivity contribution in [2.24, 2.45) is 0 Å².